The molecule has 0 bridgehead atoms. The first-order valence-corrected chi connectivity index (χ1v) is 13.4. The Morgan fingerprint density at radius 2 is 1.56 bits per heavy atom. The molecular formula is C24H13BrClF10N3O3S. The summed E-state index contributed by atoms with van der Waals surface area (Å²) in [6.07, 6.45) is -12.1. The number of rotatable bonds is 6. The second kappa shape index (κ2) is 12.1. The van der Waals surface area contributed by atoms with Crippen molar-refractivity contribution >= 4 is 61.9 Å². The van der Waals surface area contributed by atoms with Gasteiger partial charge in [0.1, 0.15) is 22.0 Å². The Hall–Kier alpha value is -3.09. The van der Waals surface area contributed by atoms with E-state index in [1.807, 2.05) is 5.32 Å². The van der Waals surface area contributed by atoms with Crippen LogP contribution in [0.15, 0.2) is 64.1 Å². The maximum absolute atomic E-state index is 14.7. The second-order valence-corrected chi connectivity index (χ2v) is 11.1. The summed E-state index contributed by atoms with van der Waals surface area (Å²) in [5, 5.41) is 1.69. The lowest BCUT2D eigenvalue weighted by Crippen LogP contribution is -2.50. The Kier molecular flexibility index (Phi) is 9.70. The number of nitrogens with zero attached hydrogens (tertiary/aromatic N) is 2. The monoisotopic (exact) mass is 727 g/mol. The molecule has 3 rings (SSSR count). The number of carbonyl (C=O) groups excluding carboxylic acids is 2. The highest BCUT2D eigenvalue weighted by Crippen LogP contribution is 2.55. The fraction of sp³-hybridized carbons (Fsp3) is 0.208. The number of anilines is 2. The number of aromatic nitrogens is 1. The van der Waals surface area contributed by atoms with Gasteiger partial charge in [-0.25, -0.2) is 9.37 Å². The lowest BCUT2D eigenvalue weighted by atomic mass is 9.94. The largest absolute Gasteiger partial charge is 0.604 e. The maximum Gasteiger partial charge on any atom is 0.578 e. The van der Waals surface area contributed by atoms with E-state index in [0.29, 0.717) is 0 Å². The normalized spacial score (nSPS) is 13.4. The van der Waals surface area contributed by atoms with Crippen molar-refractivity contribution in [3.63, 3.8) is 0 Å². The fourth-order valence-electron chi connectivity index (χ4n) is 3.55. The molecule has 1 N–H and O–H groups in total. The van der Waals surface area contributed by atoms with Gasteiger partial charge in [0.15, 0.2) is 4.90 Å². The summed E-state index contributed by atoms with van der Waals surface area (Å²) in [6, 6.07) is 6.80. The van der Waals surface area contributed by atoms with E-state index in [2.05, 4.69) is 20.9 Å². The van der Waals surface area contributed by atoms with Crippen LogP contribution in [0.2, 0.25) is 5.15 Å². The average molecular weight is 729 g/mol. The molecular weight excluding hydrogens is 716 g/mol. The molecule has 232 valence electrons. The first-order valence-electron chi connectivity index (χ1n) is 11.1. The van der Waals surface area contributed by atoms with Crippen molar-refractivity contribution in [2.24, 2.45) is 0 Å². The van der Waals surface area contributed by atoms with Crippen LogP contribution in [0.4, 0.5) is 55.3 Å². The molecule has 19 heteroatoms. The van der Waals surface area contributed by atoms with Crippen molar-refractivity contribution in [2.45, 2.75) is 28.4 Å². The van der Waals surface area contributed by atoms with Gasteiger partial charge in [-0.05, 0) is 52.3 Å². The molecule has 6 nitrogen and oxygen atoms in total. The van der Waals surface area contributed by atoms with Gasteiger partial charge < -0.3 is 14.8 Å². The third-order valence-corrected chi connectivity index (χ3v) is 7.74. The highest BCUT2D eigenvalue weighted by Gasteiger charge is 2.74. The zero-order chi connectivity index (χ0) is 32.7. The van der Waals surface area contributed by atoms with E-state index in [1.165, 1.54) is 37.5 Å². The van der Waals surface area contributed by atoms with Gasteiger partial charge in [0.05, 0.1) is 5.56 Å². The molecule has 0 aliphatic heterocycles. The average Bonchev–Trinajstić information content (AvgIpc) is 2.90. The van der Waals surface area contributed by atoms with Gasteiger partial charge >= 0.3 is 23.5 Å². The molecule has 0 saturated carbocycles. The van der Waals surface area contributed by atoms with Gasteiger partial charge in [-0.1, -0.05) is 17.7 Å². The van der Waals surface area contributed by atoms with Crippen LogP contribution in [-0.4, -0.2) is 46.3 Å². The summed E-state index contributed by atoms with van der Waals surface area (Å²) >= 11 is 4.03. The third-order valence-electron chi connectivity index (χ3n) is 5.67. The summed E-state index contributed by atoms with van der Waals surface area (Å²) in [6.45, 7) is 0. The predicted octanol–water partition coefficient (Wildman–Crippen LogP) is 7.94. The molecule has 0 radical (unpaired) electrons. The van der Waals surface area contributed by atoms with Crippen LogP contribution in [0.5, 0.6) is 0 Å². The molecule has 1 heterocycles. The number of halogens is 12. The number of alkyl halides is 10. The van der Waals surface area contributed by atoms with Gasteiger partial charge in [-0.2, -0.15) is 26.3 Å². The Labute approximate surface area is 251 Å². The number of benzene rings is 2. The van der Waals surface area contributed by atoms with E-state index < -0.39 is 73.2 Å². The standard InChI is InChI=1S/C24H13BrClF10N3O3S/c1-39(20(41)14-6-3-7-37-18(14)26)13-5-2-4-11(8-13)19(40)38-17-15(25)9-12(10-16(17)43(42)24(34,35)36)21(27,22(28,29)30)23(31,32)33/h2-10H,1H3,(H,38,40). The summed E-state index contributed by atoms with van der Waals surface area (Å²) in [5.74, 6) is -1.99. The number of nitrogens with one attached hydrogen (secondary N) is 1. The van der Waals surface area contributed by atoms with E-state index in [0.717, 1.165) is 17.0 Å². The third kappa shape index (κ3) is 6.86. The Bertz CT molecular complexity index is 1540. The summed E-state index contributed by atoms with van der Waals surface area (Å²) < 4.78 is 146. The highest BCUT2D eigenvalue weighted by atomic mass is 79.9. The zero-order valence-electron chi connectivity index (χ0n) is 20.8. The molecule has 0 saturated heterocycles. The molecule has 3 aromatic rings. The second-order valence-electron chi connectivity index (χ2n) is 8.41. The minimum Gasteiger partial charge on any atom is -0.604 e. The molecule has 0 fully saturated rings. The number of hydrogen-bond acceptors (Lipinski definition) is 4. The number of pyridine rings is 1. The molecule has 43 heavy (non-hydrogen) atoms. The quantitative estimate of drug-likeness (QED) is 0.159. The topological polar surface area (TPSA) is 85.4 Å². The van der Waals surface area contributed by atoms with Crippen molar-refractivity contribution in [2.75, 3.05) is 17.3 Å². The summed E-state index contributed by atoms with van der Waals surface area (Å²) in [4.78, 5) is 28.8. The van der Waals surface area contributed by atoms with Gasteiger partial charge in [0.25, 0.3) is 11.8 Å². The lowest BCUT2D eigenvalue weighted by Gasteiger charge is -2.31. The molecule has 0 aliphatic rings. The first-order chi connectivity index (χ1) is 19.6. The van der Waals surface area contributed by atoms with Crippen molar-refractivity contribution < 1.29 is 58.0 Å². The SMILES string of the molecule is CN(C(=O)c1cccnc1Cl)c1cccc(C(=O)Nc2c(Br)cc(C(F)(C(F)(F)F)C(F)(F)F)cc2[S+]([O-])C(F)(F)F)c1. The smallest absolute Gasteiger partial charge is 0.578 e. The minimum atomic E-state index is -6.70. The molecule has 1 atom stereocenters. The number of hydrogen-bond donors (Lipinski definition) is 1. The van der Waals surface area contributed by atoms with E-state index in [1.54, 1.807) is 0 Å². The van der Waals surface area contributed by atoms with Crippen molar-refractivity contribution in [1.82, 2.24) is 4.98 Å². The number of carbonyl (C=O) groups is 2. The predicted molar refractivity (Wildman–Crippen MR) is 138 cm³/mol. The van der Waals surface area contributed by atoms with Crippen LogP contribution in [0.3, 0.4) is 0 Å². The van der Waals surface area contributed by atoms with Crippen LogP contribution < -0.4 is 10.2 Å². The van der Waals surface area contributed by atoms with E-state index in [9.17, 15) is 58.0 Å². The maximum atomic E-state index is 14.7. The van der Waals surface area contributed by atoms with Gasteiger partial charge in [-0.3, -0.25) is 9.59 Å². The first kappa shape index (κ1) is 34.4. The fourth-order valence-corrected chi connectivity index (χ4v) is 5.27. The van der Waals surface area contributed by atoms with Crippen LogP contribution in [0.1, 0.15) is 26.3 Å². The Balaban J connectivity index is 2.08. The van der Waals surface area contributed by atoms with Crippen molar-refractivity contribution in [1.29, 1.82) is 0 Å². The molecule has 1 aromatic heterocycles. The highest BCUT2D eigenvalue weighted by molar-refractivity contribution is 9.10. The Morgan fingerprint density at radius 3 is 2.09 bits per heavy atom. The lowest BCUT2D eigenvalue weighted by molar-refractivity contribution is -0.348. The summed E-state index contributed by atoms with van der Waals surface area (Å²) in [7, 11) is 1.27. The Morgan fingerprint density at radius 1 is 0.953 bits per heavy atom. The van der Waals surface area contributed by atoms with E-state index in [-0.39, 0.29) is 28.0 Å². The zero-order valence-corrected chi connectivity index (χ0v) is 23.9. The van der Waals surface area contributed by atoms with Crippen LogP contribution in [0.25, 0.3) is 0 Å². The molecule has 2 amide bonds. The summed E-state index contributed by atoms with van der Waals surface area (Å²) in [5.41, 5.74) is -15.8. The molecule has 2 aromatic carbocycles. The molecule has 0 aliphatic carbocycles. The van der Waals surface area contributed by atoms with Crippen LogP contribution in [-0.2, 0) is 16.8 Å². The van der Waals surface area contributed by atoms with Gasteiger partial charge in [-0.15, -0.1) is 13.2 Å². The van der Waals surface area contributed by atoms with E-state index >= 15 is 0 Å². The molecule has 0 spiro atoms. The minimum absolute atomic E-state index is 0.0312. The van der Waals surface area contributed by atoms with Crippen LogP contribution >= 0.6 is 27.5 Å². The van der Waals surface area contributed by atoms with Crippen molar-refractivity contribution in [3.8, 4) is 0 Å². The molecule has 1 unspecified atom stereocenters. The van der Waals surface area contributed by atoms with Gasteiger partial charge in [0, 0.05) is 40.6 Å². The van der Waals surface area contributed by atoms with E-state index in [4.69, 9.17) is 11.6 Å². The van der Waals surface area contributed by atoms with Gasteiger partial charge in [0.2, 0.25) is 0 Å². The van der Waals surface area contributed by atoms with Crippen LogP contribution in [0, 0.1) is 0 Å². The number of amides is 2. The van der Waals surface area contributed by atoms with Crippen molar-refractivity contribution in [3.05, 3.63) is 81.0 Å².